The SMILES string of the molecule is COC(=O)c1cc(S(=O)(=O)NC(CN)CC(C)C)oc1C.Cl. The topological polar surface area (TPSA) is 112 Å². The Kier molecular flexibility index (Phi) is 8.10. The molecular formula is C13H23ClN2O5S. The van der Waals surface area contributed by atoms with E-state index in [9.17, 15) is 13.2 Å². The minimum absolute atomic E-state index is 0. The van der Waals surface area contributed by atoms with Gasteiger partial charge in [0.2, 0.25) is 5.09 Å². The summed E-state index contributed by atoms with van der Waals surface area (Å²) in [5.74, 6) is -0.157. The Balaban J connectivity index is 0.00000441. The summed E-state index contributed by atoms with van der Waals surface area (Å²) < 4.78 is 36.7. The number of rotatable bonds is 7. The van der Waals surface area contributed by atoms with Crippen molar-refractivity contribution in [2.75, 3.05) is 13.7 Å². The molecule has 1 aromatic rings. The van der Waals surface area contributed by atoms with E-state index in [0.717, 1.165) is 6.07 Å². The van der Waals surface area contributed by atoms with Crippen LogP contribution in [-0.4, -0.2) is 34.1 Å². The quantitative estimate of drug-likeness (QED) is 0.717. The molecule has 0 aliphatic carbocycles. The van der Waals surface area contributed by atoms with Gasteiger partial charge in [-0.15, -0.1) is 12.4 Å². The zero-order chi connectivity index (χ0) is 16.2. The highest BCUT2D eigenvalue weighted by atomic mass is 35.5. The predicted molar refractivity (Wildman–Crippen MR) is 84.7 cm³/mol. The highest BCUT2D eigenvalue weighted by Crippen LogP contribution is 2.20. The summed E-state index contributed by atoms with van der Waals surface area (Å²) in [6.45, 7) is 5.63. The van der Waals surface area contributed by atoms with Crippen molar-refractivity contribution in [3.8, 4) is 0 Å². The van der Waals surface area contributed by atoms with Gasteiger partial charge >= 0.3 is 5.97 Å². The summed E-state index contributed by atoms with van der Waals surface area (Å²) in [6, 6.07) is 0.772. The number of carbonyl (C=O) groups is 1. The maximum atomic E-state index is 12.2. The number of nitrogens with one attached hydrogen (secondary N) is 1. The summed E-state index contributed by atoms with van der Waals surface area (Å²) in [6.07, 6.45) is 0.610. The highest BCUT2D eigenvalue weighted by Gasteiger charge is 2.26. The van der Waals surface area contributed by atoms with E-state index in [4.69, 9.17) is 10.2 Å². The van der Waals surface area contributed by atoms with Gasteiger partial charge in [-0.05, 0) is 19.3 Å². The summed E-state index contributed by atoms with van der Waals surface area (Å²) >= 11 is 0. The number of sulfonamides is 1. The van der Waals surface area contributed by atoms with Gasteiger partial charge in [-0.1, -0.05) is 13.8 Å². The van der Waals surface area contributed by atoms with Crippen molar-refractivity contribution in [3.05, 3.63) is 17.4 Å². The van der Waals surface area contributed by atoms with E-state index in [1.165, 1.54) is 14.0 Å². The van der Waals surface area contributed by atoms with E-state index in [1.54, 1.807) is 0 Å². The predicted octanol–water partition coefficient (Wildman–Crippen LogP) is 1.45. The van der Waals surface area contributed by atoms with Crippen molar-refractivity contribution in [2.45, 2.75) is 38.3 Å². The fourth-order valence-corrected chi connectivity index (χ4v) is 3.19. The molecule has 0 fully saturated rings. The molecule has 0 bridgehead atoms. The van der Waals surface area contributed by atoms with Gasteiger partial charge in [0.25, 0.3) is 10.0 Å². The molecule has 1 aromatic heterocycles. The molecule has 1 rings (SSSR count). The number of carbonyl (C=O) groups excluding carboxylic acids is 1. The van der Waals surface area contributed by atoms with Crippen LogP contribution in [0.1, 0.15) is 36.4 Å². The van der Waals surface area contributed by atoms with E-state index in [2.05, 4.69) is 9.46 Å². The molecule has 0 aliphatic heterocycles. The maximum Gasteiger partial charge on any atom is 0.341 e. The Bertz CT molecular complexity index is 598. The fraction of sp³-hybridized carbons (Fsp3) is 0.615. The number of methoxy groups -OCH3 is 1. The first-order valence-electron chi connectivity index (χ1n) is 6.62. The molecule has 0 saturated heterocycles. The molecule has 128 valence electrons. The van der Waals surface area contributed by atoms with Gasteiger partial charge < -0.3 is 14.9 Å². The smallest absolute Gasteiger partial charge is 0.341 e. The lowest BCUT2D eigenvalue weighted by Gasteiger charge is -2.17. The molecule has 0 amide bonds. The number of nitrogens with two attached hydrogens (primary N) is 1. The normalized spacial score (nSPS) is 12.8. The Morgan fingerprint density at radius 3 is 2.50 bits per heavy atom. The number of esters is 1. The average molecular weight is 355 g/mol. The standard InChI is InChI=1S/C13H22N2O5S.ClH/c1-8(2)5-10(7-14)15-21(17,18)12-6-11(9(3)20-12)13(16)19-4;/h6,8,10,15H,5,7,14H2,1-4H3;1H. The van der Waals surface area contributed by atoms with Crippen LogP contribution in [0, 0.1) is 12.8 Å². The van der Waals surface area contributed by atoms with E-state index < -0.39 is 16.0 Å². The van der Waals surface area contributed by atoms with Gasteiger partial charge in [0.1, 0.15) is 11.3 Å². The molecule has 1 heterocycles. The van der Waals surface area contributed by atoms with Crippen LogP contribution >= 0.6 is 12.4 Å². The second kappa shape index (κ2) is 8.52. The highest BCUT2D eigenvalue weighted by molar-refractivity contribution is 7.89. The maximum absolute atomic E-state index is 12.2. The lowest BCUT2D eigenvalue weighted by molar-refractivity contribution is 0.0598. The summed E-state index contributed by atoms with van der Waals surface area (Å²) in [7, 11) is -2.65. The first-order valence-corrected chi connectivity index (χ1v) is 8.10. The van der Waals surface area contributed by atoms with Crippen molar-refractivity contribution < 1.29 is 22.4 Å². The van der Waals surface area contributed by atoms with Crippen molar-refractivity contribution in [2.24, 2.45) is 11.7 Å². The van der Waals surface area contributed by atoms with Crippen molar-refractivity contribution in [3.63, 3.8) is 0 Å². The Morgan fingerprint density at radius 2 is 2.05 bits per heavy atom. The van der Waals surface area contributed by atoms with Crippen LogP contribution in [0.4, 0.5) is 0 Å². The minimum atomic E-state index is -3.87. The number of furan rings is 1. The largest absolute Gasteiger partial charge is 0.465 e. The number of aryl methyl sites for hydroxylation is 1. The van der Waals surface area contributed by atoms with Gasteiger partial charge in [0.05, 0.1) is 7.11 Å². The van der Waals surface area contributed by atoms with E-state index >= 15 is 0 Å². The zero-order valence-corrected chi connectivity index (χ0v) is 14.7. The molecular weight excluding hydrogens is 332 g/mol. The van der Waals surface area contributed by atoms with Crippen molar-refractivity contribution in [1.29, 1.82) is 0 Å². The van der Waals surface area contributed by atoms with Gasteiger partial charge in [0, 0.05) is 18.7 Å². The summed E-state index contributed by atoms with van der Waals surface area (Å²) in [5, 5.41) is -0.317. The van der Waals surface area contributed by atoms with Crippen LogP contribution in [0.15, 0.2) is 15.6 Å². The summed E-state index contributed by atoms with van der Waals surface area (Å²) in [4.78, 5) is 11.5. The molecule has 9 heteroatoms. The molecule has 0 spiro atoms. The van der Waals surface area contributed by atoms with Gasteiger partial charge in [-0.2, -0.15) is 0 Å². The van der Waals surface area contributed by atoms with E-state index in [-0.39, 0.29) is 41.4 Å². The zero-order valence-electron chi connectivity index (χ0n) is 13.1. The van der Waals surface area contributed by atoms with Crippen molar-refractivity contribution >= 4 is 28.4 Å². The number of ether oxygens (including phenoxy) is 1. The third-order valence-electron chi connectivity index (χ3n) is 2.93. The van der Waals surface area contributed by atoms with Crippen LogP contribution in [0.5, 0.6) is 0 Å². The molecule has 22 heavy (non-hydrogen) atoms. The number of hydrogen-bond acceptors (Lipinski definition) is 6. The third-order valence-corrected chi connectivity index (χ3v) is 4.30. The molecule has 0 aromatic carbocycles. The molecule has 1 atom stereocenters. The number of hydrogen-bond donors (Lipinski definition) is 2. The van der Waals surface area contributed by atoms with Crippen LogP contribution in [0.2, 0.25) is 0 Å². The molecule has 7 nitrogen and oxygen atoms in total. The van der Waals surface area contributed by atoms with E-state index in [1.807, 2.05) is 13.8 Å². The molecule has 3 N–H and O–H groups in total. The minimum Gasteiger partial charge on any atom is -0.465 e. The molecule has 0 aliphatic rings. The Morgan fingerprint density at radius 1 is 1.45 bits per heavy atom. The lowest BCUT2D eigenvalue weighted by atomic mass is 10.1. The fourth-order valence-electron chi connectivity index (χ4n) is 1.94. The first kappa shape index (κ1) is 20.9. The van der Waals surface area contributed by atoms with Gasteiger partial charge in [-0.25, -0.2) is 17.9 Å². The van der Waals surface area contributed by atoms with Crippen LogP contribution in [0.3, 0.4) is 0 Å². The second-order valence-corrected chi connectivity index (χ2v) is 6.86. The second-order valence-electron chi connectivity index (χ2n) is 5.21. The van der Waals surface area contributed by atoms with Crippen molar-refractivity contribution in [1.82, 2.24) is 4.72 Å². The third kappa shape index (κ3) is 5.28. The number of halogens is 1. The molecule has 0 saturated carbocycles. The van der Waals surface area contributed by atoms with Crippen LogP contribution in [0.25, 0.3) is 0 Å². The lowest BCUT2D eigenvalue weighted by Crippen LogP contribution is -2.40. The average Bonchev–Trinajstić information content (AvgIpc) is 2.79. The van der Waals surface area contributed by atoms with Gasteiger partial charge in [0.15, 0.2) is 0 Å². The monoisotopic (exact) mass is 354 g/mol. The molecule has 0 radical (unpaired) electrons. The Labute approximate surface area is 137 Å². The van der Waals surface area contributed by atoms with Gasteiger partial charge in [-0.3, -0.25) is 0 Å². The first-order chi connectivity index (χ1) is 9.71. The van der Waals surface area contributed by atoms with E-state index in [0.29, 0.717) is 12.3 Å². The van der Waals surface area contributed by atoms with Crippen LogP contribution in [-0.2, 0) is 14.8 Å². The molecule has 1 unspecified atom stereocenters. The van der Waals surface area contributed by atoms with Crippen LogP contribution < -0.4 is 10.5 Å². The Hall–Kier alpha value is -1.09. The summed E-state index contributed by atoms with van der Waals surface area (Å²) in [5.41, 5.74) is 5.67.